The second-order valence-electron chi connectivity index (χ2n) is 8.67. The van der Waals surface area contributed by atoms with Gasteiger partial charge in [0.2, 0.25) is 5.91 Å². The lowest BCUT2D eigenvalue weighted by atomic mass is 10.0. The summed E-state index contributed by atoms with van der Waals surface area (Å²) < 4.78 is 29.5. The number of nitrogens with one attached hydrogen (secondary N) is 1. The minimum Gasteiger partial charge on any atom is -0.449 e. The molecule has 1 aliphatic heterocycles. The van der Waals surface area contributed by atoms with Crippen LogP contribution in [0.25, 0.3) is 0 Å². The van der Waals surface area contributed by atoms with Crippen molar-refractivity contribution in [3.63, 3.8) is 0 Å². The predicted octanol–water partition coefficient (Wildman–Crippen LogP) is 2.51. The van der Waals surface area contributed by atoms with Gasteiger partial charge in [-0.1, -0.05) is 35.5 Å². The highest BCUT2D eigenvalue weighted by Gasteiger charge is 2.29. The highest BCUT2D eigenvalue weighted by atomic mass is 19.1. The van der Waals surface area contributed by atoms with Crippen LogP contribution in [0, 0.1) is 0 Å². The van der Waals surface area contributed by atoms with Crippen molar-refractivity contribution in [1.29, 1.82) is 0 Å². The van der Waals surface area contributed by atoms with Crippen molar-refractivity contribution in [3.05, 3.63) is 53.4 Å². The number of nitrogens with two attached hydrogens (primary N) is 1. The minimum absolute atomic E-state index is 0.0546. The Hall–Kier alpha value is -2.98. The Labute approximate surface area is 192 Å². The Morgan fingerprint density at radius 3 is 2.79 bits per heavy atom. The van der Waals surface area contributed by atoms with Gasteiger partial charge in [0.1, 0.15) is 18.1 Å². The van der Waals surface area contributed by atoms with Crippen LogP contribution < -0.4 is 11.1 Å². The van der Waals surface area contributed by atoms with E-state index in [9.17, 15) is 14.0 Å². The molecular weight excluding hydrogens is 431 g/mol. The molecule has 9 nitrogen and oxygen atoms in total. The molecule has 0 radical (unpaired) electrons. The summed E-state index contributed by atoms with van der Waals surface area (Å²) >= 11 is 0. The molecule has 3 rings (SSSR count). The van der Waals surface area contributed by atoms with Crippen molar-refractivity contribution >= 4 is 12.0 Å². The van der Waals surface area contributed by atoms with Crippen molar-refractivity contribution < 1.29 is 28.0 Å². The summed E-state index contributed by atoms with van der Waals surface area (Å²) in [7, 11) is 0. The van der Waals surface area contributed by atoms with E-state index in [1.54, 1.807) is 13.8 Å². The van der Waals surface area contributed by atoms with E-state index in [1.807, 2.05) is 30.3 Å². The van der Waals surface area contributed by atoms with Crippen molar-refractivity contribution in [2.45, 2.75) is 51.0 Å². The number of rotatable bonds is 10. The molecule has 33 heavy (non-hydrogen) atoms. The fourth-order valence-electron chi connectivity index (χ4n) is 3.37. The Bertz CT molecular complexity index is 915. The Morgan fingerprint density at radius 1 is 1.36 bits per heavy atom. The van der Waals surface area contributed by atoms with Crippen LogP contribution in [0.15, 0.2) is 41.1 Å². The Kier molecular flexibility index (Phi) is 8.40. The van der Waals surface area contributed by atoms with E-state index < -0.39 is 23.8 Å². The van der Waals surface area contributed by atoms with Gasteiger partial charge in [-0.25, -0.2) is 9.18 Å². The molecule has 10 heteroatoms. The topological polar surface area (TPSA) is 120 Å². The number of carbonyl (C=O) groups excluding carboxylic acids is 2. The molecule has 2 unspecified atom stereocenters. The van der Waals surface area contributed by atoms with Gasteiger partial charge in [-0.3, -0.25) is 4.79 Å². The molecule has 0 aliphatic carbocycles. The van der Waals surface area contributed by atoms with Gasteiger partial charge < -0.3 is 29.9 Å². The van der Waals surface area contributed by atoms with Crippen molar-refractivity contribution in [1.82, 2.24) is 15.4 Å². The standard InChI is InChI=1S/C23H31FN4O5/c1-23(2,25)21(29)26-19(15-31-13-16-6-4-3-5-7-16)20-17(14-33-27-20)9-11-32-22(30)28-10-8-18(24)12-28/h3-7,14,18-19H,8-13,15,25H2,1-2H3,(H,26,29). The number of likely N-dealkylation sites (tertiary alicyclic amines) is 1. The second kappa shape index (κ2) is 11.2. The van der Waals surface area contributed by atoms with Gasteiger partial charge in [-0.05, 0) is 25.8 Å². The third-order valence-corrected chi connectivity index (χ3v) is 5.28. The lowest BCUT2D eigenvalue weighted by Crippen LogP contribution is -2.50. The first-order valence-electron chi connectivity index (χ1n) is 10.9. The van der Waals surface area contributed by atoms with Crippen LogP contribution in [0.3, 0.4) is 0 Å². The minimum atomic E-state index is -1.10. The molecule has 1 fully saturated rings. The van der Waals surface area contributed by atoms with Crippen molar-refractivity contribution in [2.75, 3.05) is 26.3 Å². The first-order chi connectivity index (χ1) is 15.7. The highest BCUT2D eigenvalue weighted by molar-refractivity contribution is 5.85. The molecule has 2 amide bonds. The number of hydrogen-bond acceptors (Lipinski definition) is 7. The molecule has 1 aromatic heterocycles. The van der Waals surface area contributed by atoms with Crippen LogP contribution in [-0.4, -0.2) is 60.1 Å². The van der Waals surface area contributed by atoms with Gasteiger partial charge in [0.25, 0.3) is 0 Å². The quantitative estimate of drug-likeness (QED) is 0.557. The Balaban J connectivity index is 1.61. The number of carbonyl (C=O) groups is 2. The molecule has 2 aromatic rings. The summed E-state index contributed by atoms with van der Waals surface area (Å²) in [5, 5.41) is 6.92. The molecule has 0 spiro atoms. The molecule has 1 saturated heterocycles. The lowest BCUT2D eigenvalue weighted by molar-refractivity contribution is -0.126. The zero-order valence-corrected chi connectivity index (χ0v) is 19.0. The van der Waals surface area contributed by atoms with E-state index in [1.165, 1.54) is 11.2 Å². The molecule has 3 N–H and O–H groups in total. The van der Waals surface area contributed by atoms with Crippen LogP contribution in [0.4, 0.5) is 9.18 Å². The third kappa shape index (κ3) is 7.26. The molecule has 1 aromatic carbocycles. The molecule has 2 atom stereocenters. The van der Waals surface area contributed by atoms with Gasteiger partial charge >= 0.3 is 6.09 Å². The average Bonchev–Trinajstić information content (AvgIpc) is 3.42. The van der Waals surface area contributed by atoms with E-state index in [0.717, 1.165) is 5.56 Å². The molecule has 2 heterocycles. The second-order valence-corrected chi connectivity index (χ2v) is 8.67. The number of ether oxygens (including phenoxy) is 2. The lowest BCUT2D eigenvalue weighted by Gasteiger charge is -2.24. The maximum Gasteiger partial charge on any atom is 0.409 e. The van der Waals surface area contributed by atoms with E-state index >= 15 is 0 Å². The molecule has 0 bridgehead atoms. The summed E-state index contributed by atoms with van der Waals surface area (Å²) in [6.45, 7) is 4.17. The van der Waals surface area contributed by atoms with Gasteiger partial charge in [0, 0.05) is 18.5 Å². The fraction of sp³-hybridized carbons (Fsp3) is 0.522. The predicted molar refractivity (Wildman–Crippen MR) is 118 cm³/mol. The normalized spacial score (nSPS) is 17.1. The number of halogens is 1. The van der Waals surface area contributed by atoms with Crippen LogP contribution in [0.2, 0.25) is 0 Å². The van der Waals surface area contributed by atoms with Gasteiger partial charge in [0.15, 0.2) is 0 Å². The number of benzene rings is 1. The molecule has 0 saturated carbocycles. The summed E-state index contributed by atoms with van der Waals surface area (Å²) in [6.07, 6.45) is 0.533. The number of nitrogens with zero attached hydrogens (tertiary/aromatic N) is 2. The van der Waals surface area contributed by atoms with Crippen LogP contribution in [0.1, 0.15) is 43.1 Å². The number of aromatic nitrogens is 1. The van der Waals surface area contributed by atoms with Gasteiger partial charge in [0.05, 0.1) is 37.9 Å². The SMILES string of the molecule is CC(C)(N)C(=O)NC(COCc1ccccc1)c1nocc1CCOC(=O)N1CCC(F)C1. The summed E-state index contributed by atoms with van der Waals surface area (Å²) in [6, 6.07) is 9.03. The maximum atomic E-state index is 13.3. The van der Waals surface area contributed by atoms with E-state index in [4.69, 9.17) is 19.7 Å². The average molecular weight is 463 g/mol. The zero-order valence-electron chi connectivity index (χ0n) is 19.0. The van der Waals surface area contributed by atoms with E-state index in [2.05, 4.69) is 10.5 Å². The van der Waals surface area contributed by atoms with E-state index in [0.29, 0.717) is 37.3 Å². The van der Waals surface area contributed by atoms with Crippen molar-refractivity contribution in [2.24, 2.45) is 5.73 Å². The highest BCUT2D eigenvalue weighted by Crippen LogP contribution is 2.20. The summed E-state index contributed by atoms with van der Waals surface area (Å²) in [4.78, 5) is 26.0. The monoisotopic (exact) mass is 462 g/mol. The van der Waals surface area contributed by atoms with Gasteiger partial charge in [-0.15, -0.1) is 0 Å². The Morgan fingerprint density at radius 2 is 2.12 bits per heavy atom. The maximum absolute atomic E-state index is 13.3. The third-order valence-electron chi connectivity index (χ3n) is 5.28. The van der Waals surface area contributed by atoms with E-state index in [-0.39, 0.29) is 25.7 Å². The van der Waals surface area contributed by atoms with Crippen LogP contribution in [-0.2, 0) is 27.3 Å². The molecule has 180 valence electrons. The van der Waals surface area contributed by atoms with Crippen LogP contribution in [0.5, 0.6) is 0 Å². The zero-order chi connectivity index (χ0) is 23.8. The van der Waals surface area contributed by atoms with Crippen LogP contribution >= 0.6 is 0 Å². The number of amides is 2. The summed E-state index contributed by atoms with van der Waals surface area (Å²) in [5.41, 5.74) is 6.97. The smallest absolute Gasteiger partial charge is 0.409 e. The van der Waals surface area contributed by atoms with Crippen molar-refractivity contribution in [3.8, 4) is 0 Å². The molecule has 1 aliphatic rings. The van der Waals surface area contributed by atoms with Gasteiger partial charge in [-0.2, -0.15) is 0 Å². The first-order valence-corrected chi connectivity index (χ1v) is 10.9. The fourth-order valence-corrected chi connectivity index (χ4v) is 3.37. The molecular formula is C23H31FN4O5. The first kappa shape index (κ1) is 24.7. The summed E-state index contributed by atoms with van der Waals surface area (Å²) in [5.74, 6) is -0.369. The number of alkyl halides is 1. The number of hydrogen-bond donors (Lipinski definition) is 2. The largest absolute Gasteiger partial charge is 0.449 e.